The molecule has 0 saturated heterocycles. The molecule has 7 nitrogen and oxygen atoms in total. The highest BCUT2D eigenvalue weighted by molar-refractivity contribution is 7.94. The highest BCUT2D eigenvalue weighted by atomic mass is 32.2. The summed E-state index contributed by atoms with van der Waals surface area (Å²) in [4.78, 5) is 27.2. The van der Waals surface area contributed by atoms with Crippen molar-refractivity contribution >= 4 is 15.7 Å². The van der Waals surface area contributed by atoms with Crippen molar-refractivity contribution in [3.63, 3.8) is 0 Å². The Labute approximate surface area is 173 Å². The van der Waals surface area contributed by atoms with Crippen molar-refractivity contribution in [1.29, 1.82) is 0 Å². The lowest BCUT2D eigenvalue weighted by molar-refractivity contribution is 0.0956. The SMILES string of the molecule is COc1ccc(S(=O)(=O)/C=C/CNC(=O)c2cc3c([nH]c2=O)CCCCC3)cc1F. The number of halogens is 1. The summed E-state index contributed by atoms with van der Waals surface area (Å²) >= 11 is 0. The number of aromatic nitrogens is 1. The van der Waals surface area contributed by atoms with E-state index in [1.165, 1.54) is 25.3 Å². The number of carbonyl (C=O) groups excluding carboxylic acids is 1. The number of hydrogen-bond acceptors (Lipinski definition) is 5. The largest absolute Gasteiger partial charge is 0.494 e. The lowest BCUT2D eigenvalue weighted by atomic mass is 10.1. The molecule has 0 unspecified atom stereocenters. The molecule has 0 saturated carbocycles. The number of sulfone groups is 1. The van der Waals surface area contributed by atoms with Crippen molar-refractivity contribution in [2.24, 2.45) is 0 Å². The van der Waals surface area contributed by atoms with Crippen LogP contribution in [0.15, 0.2) is 45.4 Å². The van der Waals surface area contributed by atoms with Crippen molar-refractivity contribution in [3.8, 4) is 5.75 Å². The van der Waals surface area contributed by atoms with E-state index < -0.39 is 27.1 Å². The summed E-state index contributed by atoms with van der Waals surface area (Å²) in [6, 6.07) is 4.94. The van der Waals surface area contributed by atoms with Gasteiger partial charge in [-0.15, -0.1) is 0 Å². The van der Waals surface area contributed by atoms with Crippen LogP contribution in [-0.2, 0) is 22.7 Å². The van der Waals surface area contributed by atoms with Crippen LogP contribution in [0, 0.1) is 5.82 Å². The molecular weight excluding hydrogens is 411 g/mol. The van der Waals surface area contributed by atoms with E-state index in [2.05, 4.69) is 10.3 Å². The molecule has 1 aliphatic carbocycles. The second-order valence-corrected chi connectivity index (χ2v) is 8.83. The minimum atomic E-state index is -3.89. The summed E-state index contributed by atoms with van der Waals surface area (Å²) in [6.07, 6.45) is 5.92. The van der Waals surface area contributed by atoms with Crippen LogP contribution in [0.4, 0.5) is 4.39 Å². The maximum Gasteiger partial charge on any atom is 0.261 e. The zero-order valence-corrected chi connectivity index (χ0v) is 17.4. The number of carbonyl (C=O) groups is 1. The highest BCUT2D eigenvalue weighted by Gasteiger charge is 2.17. The molecule has 0 bridgehead atoms. The first kappa shape index (κ1) is 21.8. The molecule has 1 heterocycles. The Bertz CT molecular complexity index is 1140. The lowest BCUT2D eigenvalue weighted by Crippen LogP contribution is -2.30. The first-order valence-corrected chi connectivity index (χ1v) is 11.1. The molecule has 2 aromatic rings. The summed E-state index contributed by atoms with van der Waals surface area (Å²) in [5, 5.41) is 3.40. The fourth-order valence-corrected chi connectivity index (χ4v) is 4.38. The topological polar surface area (TPSA) is 105 Å². The fourth-order valence-electron chi connectivity index (χ4n) is 3.34. The number of amides is 1. The quantitative estimate of drug-likeness (QED) is 0.680. The molecule has 0 spiro atoms. The average Bonchev–Trinajstić information content (AvgIpc) is 2.95. The van der Waals surface area contributed by atoms with Gasteiger partial charge in [0.15, 0.2) is 21.4 Å². The number of aromatic amines is 1. The predicted molar refractivity (Wildman–Crippen MR) is 110 cm³/mol. The summed E-state index contributed by atoms with van der Waals surface area (Å²) < 4.78 is 43.1. The number of H-pyrrole nitrogens is 1. The Morgan fingerprint density at radius 1 is 1.23 bits per heavy atom. The van der Waals surface area contributed by atoms with Crippen molar-refractivity contribution in [2.75, 3.05) is 13.7 Å². The first-order valence-electron chi connectivity index (χ1n) is 9.60. The van der Waals surface area contributed by atoms with E-state index in [-0.39, 0.29) is 22.8 Å². The second kappa shape index (κ2) is 9.25. The summed E-state index contributed by atoms with van der Waals surface area (Å²) in [6.45, 7) is -0.104. The number of rotatable bonds is 6. The van der Waals surface area contributed by atoms with E-state index in [1.54, 1.807) is 6.07 Å². The summed E-state index contributed by atoms with van der Waals surface area (Å²) in [5.41, 5.74) is 1.39. The normalized spacial score (nSPS) is 14.2. The fraction of sp³-hybridized carbons (Fsp3) is 0.333. The van der Waals surface area contributed by atoms with E-state index in [4.69, 9.17) is 4.74 Å². The van der Waals surface area contributed by atoms with Crippen LogP contribution < -0.4 is 15.6 Å². The minimum Gasteiger partial charge on any atom is -0.494 e. The number of pyridine rings is 1. The maximum atomic E-state index is 13.7. The van der Waals surface area contributed by atoms with Crippen LogP contribution in [0.25, 0.3) is 0 Å². The molecule has 0 atom stereocenters. The zero-order valence-electron chi connectivity index (χ0n) is 16.5. The van der Waals surface area contributed by atoms with Crippen LogP contribution in [0.1, 0.15) is 40.9 Å². The highest BCUT2D eigenvalue weighted by Crippen LogP contribution is 2.22. The van der Waals surface area contributed by atoms with Crippen LogP contribution in [-0.4, -0.2) is 33.0 Å². The van der Waals surface area contributed by atoms with Crippen LogP contribution in [0.5, 0.6) is 5.75 Å². The molecule has 0 aliphatic heterocycles. The number of methoxy groups -OCH3 is 1. The van der Waals surface area contributed by atoms with Crippen LogP contribution >= 0.6 is 0 Å². The third kappa shape index (κ3) is 4.96. The van der Waals surface area contributed by atoms with Gasteiger partial charge in [0.2, 0.25) is 0 Å². The molecule has 0 fully saturated rings. The van der Waals surface area contributed by atoms with Gasteiger partial charge in [-0.3, -0.25) is 9.59 Å². The Balaban J connectivity index is 1.66. The average molecular weight is 434 g/mol. The number of fused-ring (bicyclic) bond motifs is 1. The number of ether oxygens (including phenoxy) is 1. The third-order valence-electron chi connectivity index (χ3n) is 4.94. The molecule has 2 N–H and O–H groups in total. The van der Waals surface area contributed by atoms with Gasteiger partial charge in [0.25, 0.3) is 11.5 Å². The first-order chi connectivity index (χ1) is 14.3. The third-order valence-corrected chi connectivity index (χ3v) is 6.40. The zero-order chi connectivity index (χ0) is 21.7. The van der Waals surface area contributed by atoms with Crippen molar-refractivity contribution < 1.29 is 22.3 Å². The molecule has 30 heavy (non-hydrogen) atoms. The predicted octanol–water partition coefficient (Wildman–Crippen LogP) is 2.51. The van der Waals surface area contributed by atoms with Crippen LogP contribution in [0.2, 0.25) is 0 Å². The Morgan fingerprint density at radius 3 is 2.73 bits per heavy atom. The van der Waals surface area contributed by atoms with Crippen molar-refractivity contribution in [3.05, 3.63) is 68.7 Å². The Morgan fingerprint density at radius 2 is 2.00 bits per heavy atom. The van der Waals surface area contributed by atoms with E-state index in [0.717, 1.165) is 54.8 Å². The number of hydrogen-bond donors (Lipinski definition) is 2. The molecule has 3 rings (SSSR count). The van der Waals surface area contributed by atoms with Gasteiger partial charge in [-0.1, -0.05) is 12.5 Å². The van der Waals surface area contributed by atoms with Gasteiger partial charge in [-0.25, -0.2) is 12.8 Å². The number of aryl methyl sites for hydroxylation is 2. The van der Waals surface area contributed by atoms with Gasteiger partial charge in [0.1, 0.15) is 5.56 Å². The molecule has 160 valence electrons. The molecule has 1 aliphatic rings. The molecule has 0 radical (unpaired) electrons. The van der Waals surface area contributed by atoms with E-state index in [9.17, 15) is 22.4 Å². The molecule has 1 aromatic carbocycles. The van der Waals surface area contributed by atoms with E-state index in [0.29, 0.717) is 0 Å². The summed E-state index contributed by atoms with van der Waals surface area (Å²) in [5.74, 6) is -1.43. The monoisotopic (exact) mass is 434 g/mol. The summed E-state index contributed by atoms with van der Waals surface area (Å²) in [7, 11) is -2.61. The van der Waals surface area contributed by atoms with E-state index in [1.807, 2.05) is 0 Å². The van der Waals surface area contributed by atoms with Crippen molar-refractivity contribution in [1.82, 2.24) is 10.3 Å². The van der Waals surface area contributed by atoms with Crippen molar-refractivity contribution in [2.45, 2.75) is 37.0 Å². The Hall–Kier alpha value is -2.94. The smallest absolute Gasteiger partial charge is 0.261 e. The number of nitrogens with one attached hydrogen (secondary N) is 2. The van der Waals surface area contributed by atoms with Gasteiger partial charge >= 0.3 is 0 Å². The minimum absolute atomic E-state index is 0.00383. The standard InChI is InChI=1S/C21H23FN2O5S/c1-29-19-9-8-15(13-17(19)22)30(27,28)11-5-10-23-20(25)16-12-14-6-3-2-4-7-18(14)24-21(16)26/h5,8-9,11-13H,2-4,6-7,10H2,1H3,(H,23,25)(H,24,26)/b11-5+. The number of benzene rings is 1. The van der Waals surface area contributed by atoms with Crippen LogP contribution in [0.3, 0.4) is 0 Å². The molecule has 1 amide bonds. The van der Waals surface area contributed by atoms with Gasteiger partial charge in [-0.05, 0) is 55.5 Å². The van der Waals surface area contributed by atoms with Gasteiger partial charge in [-0.2, -0.15) is 0 Å². The van der Waals surface area contributed by atoms with E-state index >= 15 is 0 Å². The molecule has 9 heteroatoms. The van der Waals surface area contributed by atoms with Gasteiger partial charge in [0.05, 0.1) is 12.0 Å². The Kier molecular flexibility index (Phi) is 6.71. The maximum absolute atomic E-state index is 13.7. The second-order valence-electron chi connectivity index (χ2n) is 7.00. The molecule has 1 aromatic heterocycles. The van der Waals surface area contributed by atoms with Gasteiger partial charge in [0, 0.05) is 17.6 Å². The van der Waals surface area contributed by atoms with Gasteiger partial charge < -0.3 is 15.0 Å². The molecular formula is C21H23FN2O5S. The lowest BCUT2D eigenvalue weighted by Gasteiger charge is -2.08.